The highest BCUT2D eigenvalue weighted by Crippen LogP contribution is 2.57. The predicted molar refractivity (Wildman–Crippen MR) is 115 cm³/mol. The van der Waals surface area contributed by atoms with E-state index >= 15 is 0 Å². The Balaban J connectivity index is 2.03. The number of benzene rings is 3. The van der Waals surface area contributed by atoms with Crippen molar-refractivity contribution in [3.8, 4) is 0 Å². The van der Waals surface area contributed by atoms with Gasteiger partial charge < -0.3 is 4.52 Å². The number of hydrogen-bond acceptors (Lipinski definition) is 3. The van der Waals surface area contributed by atoms with Crippen molar-refractivity contribution in [2.45, 2.75) is 20.8 Å². The van der Waals surface area contributed by atoms with Gasteiger partial charge in [-0.25, -0.2) is 4.57 Å². The van der Waals surface area contributed by atoms with Crippen LogP contribution in [0.3, 0.4) is 0 Å². The van der Waals surface area contributed by atoms with Crippen LogP contribution in [0.25, 0.3) is 11.3 Å². The summed E-state index contributed by atoms with van der Waals surface area (Å²) in [5.74, 6) is 0.597. The van der Waals surface area contributed by atoms with E-state index in [4.69, 9.17) is 9.05 Å². The van der Waals surface area contributed by atoms with Crippen molar-refractivity contribution >= 4 is 24.2 Å². The first-order valence-corrected chi connectivity index (χ1v) is 11.0. The van der Waals surface area contributed by atoms with E-state index in [0.29, 0.717) is 17.7 Å². The lowest BCUT2D eigenvalue weighted by Crippen LogP contribution is -2.20. The van der Waals surface area contributed by atoms with Crippen LogP contribution in [-0.2, 0) is 13.6 Å². The van der Waals surface area contributed by atoms with Crippen LogP contribution in [0.2, 0.25) is 0 Å². The monoisotopic (exact) mass is 390 g/mol. The summed E-state index contributed by atoms with van der Waals surface area (Å²) in [5.41, 5.74) is 6.08. The second-order valence-corrected chi connectivity index (χ2v) is 8.88. The molecule has 0 fully saturated rings. The van der Waals surface area contributed by atoms with Gasteiger partial charge in [-0.3, -0.25) is 4.52 Å². The fraction of sp³-hybridized carbons (Fsp3) is 0.167. The Morgan fingerprint density at radius 3 is 2.00 bits per heavy atom. The third-order valence-electron chi connectivity index (χ3n) is 4.86. The molecule has 1 aliphatic heterocycles. The summed E-state index contributed by atoms with van der Waals surface area (Å²) in [5, 5.41) is 0.614. The fourth-order valence-electron chi connectivity index (χ4n) is 3.44. The highest BCUT2D eigenvalue weighted by atomic mass is 31.2. The zero-order valence-electron chi connectivity index (χ0n) is 16.3. The van der Waals surface area contributed by atoms with Crippen molar-refractivity contribution in [1.82, 2.24) is 0 Å². The third-order valence-corrected chi connectivity index (χ3v) is 6.86. The SMILES string of the molecule is CCOP1(=O)OC(c2ccc(C)cc2)=C(c2ccc(C)cc2)c2ccccc21. The second kappa shape index (κ2) is 7.43. The van der Waals surface area contributed by atoms with Crippen LogP contribution in [0.4, 0.5) is 0 Å². The van der Waals surface area contributed by atoms with Gasteiger partial charge in [0.2, 0.25) is 0 Å². The lowest BCUT2D eigenvalue weighted by molar-refractivity contribution is 0.279. The summed E-state index contributed by atoms with van der Waals surface area (Å²) in [4.78, 5) is 0. The molecule has 0 spiro atoms. The van der Waals surface area contributed by atoms with Crippen LogP contribution in [0, 0.1) is 13.8 Å². The molecule has 3 aromatic rings. The van der Waals surface area contributed by atoms with Gasteiger partial charge in [0.05, 0.1) is 11.9 Å². The summed E-state index contributed by atoms with van der Waals surface area (Å²) >= 11 is 0. The van der Waals surface area contributed by atoms with Crippen molar-refractivity contribution in [1.29, 1.82) is 0 Å². The van der Waals surface area contributed by atoms with E-state index < -0.39 is 7.60 Å². The largest absolute Gasteiger partial charge is 0.420 e. The molecule has 1 heterocycles. The van der Waals surface area contributed by atoms with Gasteiger partial charge in [0.1, 0.15) is 5.76 Å². The maximum atomic E-state index is 13.7. The maximum Gasteiger partial charge on any atom is 0.411 e. The van der Waals surface area contributed by atoms with Gasteiger partial charge in [0.15, 0.2) is 0 Å². The number of rotatable bonds is 4. The average Bonchev–Trinajstić information content (AvgIpc) is 2.70. The van der Waals surface area contributed by atoms with Crippen LogP contribution in [-0.4, -0.2) is 6.61 Å². The van der Waals surface area contributed by atoms with Crippen molar-refractivity contribution in [2.75, 3.05) is 6.61 Å². The van der Waals surface area contributed by atoms with Gasteiger partial charge in [-0.15, -0.1) is 0 Å². The Hall–Kier alpha value is -2.61. The standard InChI is InChI=1S/C24H23O3P/c1-4-26-28(25)22-8-6-5-7-21(22)23(19-13-9-17(2)10-14-19)24(27-28)20-15-11-18(3)12-16-20/h5-16H,4H2,1-3H3. The number of aryl methyl sites for hydroxylation is 2. The molecule has 0 saturated heterocycles. The molecule has 1 unspecified atom stereocenters. The number of hydrogen-bond donors (Lipinski definition) is 0. The van der Waals surface area contributed by atoms with Crippen LogP contribution in [0.5, 0.6) is 0 Å². The van der Waals surface area contributed by atoms with Crippen LogP contribution in [0.15, 0.2) is 72.8 Å². The quantitative estimate of drug-likeness (QED) is 0.505. The molecule has 0 amide bonds. The van der Waals surface area contributed by atoms with Crippen LogP contribution in [0.1, 0.15) is 34.7 Å². The Morgan fingerprint density at radius 1 is 0.821 bits per heavy atom. The zero-order valence-corrected chi connectivity index (χ0v) is 17.2. The molecule has 0 saturated carbocycles. The molecule has 4 rings (SSSR count). The smallest absolute Gasteiger partial charge is 0.411 e. The zero-order chi connectivity index (χ0) is 19.7. The molecule has 0 aromatic heterocycles. The number of fused-ring (bicyclic) bond motifs is 1. The summed E-state index contributed by atoms with van der Waals surface area (Å²) < 4.78 is 25.5. The van der Waals surface area contributed by atoms with Crippen LogP contribution < -0.4 is 5.30 Å². The minimum absolute atomic E-state index is 0.312. The average molecular weight is 390 g/mol. The predicted octanol–water partition coefficient (Wildman–Crippen LogP) is 6.11. The highest BCUT2D eigenvalue weighted by molar-refractivity contribution is 7.62. The molecular formula is C24H23O3P. The Bertz CT molecular complexity index is 1080. The van der Waals surface area contributed by atoms with Gasteiger partial charge in [-0.05, 0) is 32.4 Å². The van der Waals surface area contributed by atoms with E-state index in [0.717, 1.165) is 27.8 Å². The van der Waals surface area contributed by atoms with Crippen molar-refractivity contribution < 1.29 is 13.6 Å². The fourth-order valence-corrected chi connectivity index (χ4v) is 5.25. The topological polar surface area (TPSA) is 35.5 Å². The molecule has 0 bridgehead atoms. The highest BCUT2D eigenvalue weighted by Gasteiger charge is 2.39. The van der Waals surface area contributed by atoms with Crippen molar-refractivity contribution in [3.05, 3.63) is 101 Å². The summed E-state index contributed by atoms with van der Waals surface area (Å²) in [7, 11) is -3.46. The van der Waals surface area contributed by atoms with E-state index in [1.54, 1.807) is 0 Å². The molecule has 3 aromatic carbocycles. The van der Waals surface area contributed by atoms with Gasteiger partial charge in [0.25, 0.3) is 0 Å². The third kappa shape index (κ3) is 3.32. The lowest BCUT2D eigenvalue weighted by Gasteiger charge is -2.30. The normalized spacial score (nSPS) is 18.5. The lowest BCUT2D eigenvalue weighted by atomic mass is 9.93. The van der Waals surface area contributed by atoms with Crippen LogP contribution >= 0.6 is 7.60 Å². The van der Waals surface area contributed by atoms with E-state index in [-0.39, 0.29) is 0 Å². The molecule has 1 aliphatic rings. The minimum Gasteiger partial charge on any atom is -0.420 e. The first kappa shape index (κ1) is 18.7. The Labute approximate surface area is 166 Å². The first-order chi connectivity index (χ1) is 13.5. The van der Waals surface area contributed by atoms with E-state index in [1.165, 1.54) is 5.56 Å². The molecular weight excluding hydrogens is 367 g/mol. The van der Waals surface area contributed by atoms with Gasteiger partial charge in [-0.2, -0.15) is 0 Å². The molecule has 0 aliphatic carbocycles. The van der Waals surface area contributed by atoms with Gasteiger partial charge >= 0.3 is 7.60 Å². The summed E-state index contributed by atoms with van der Waals surface area (Å²) in [6.45, 7) is 6.25. The molecule has 0 N–H and O–H groups in total. The Kier molecular flexibility index (Phi) is 4.97. The van der Waals surface area contributed by atoms with Crippen molar-refractivity contribution in [3.63, 3.8) is 0 Å². The Morgan fingerprint density at radius 2 is 1.39 bits per heavy atom. The molecule has 4 heteroatoms. The van der Waals surface area contributed by atoms with Gasteiger partial charge in [0, 0.05) is 16.7 Å². The van der Waals surface area contributed by atoms with E-state index in [1.807, 2.05) is 62.4 Å². The first-order valence-electron chi connectivity index (χ1n) is 9.44. The molecule has 142 valence electrons. The maximum absolute atomic E-state index is 13.7. The van der Waals surface area contributed by atoms with E-state index in [2.05, 4.69) is 31.2 Å². The molecule has 1 atom stereocenters. The minimum atomic E-state index is -3.46. The van der Waals surface area contributed by atoms with E-state index in [9.17, 15) is 4.57 Å². The second-order valence-electron chi connectivity index (χ2n) is 6.96. The molecule has 28 heavy (non-hydrogen) atoms. The summed E-state index contributed by atoms with van der Waals surface area (Å²) in [6, 6.07) is 24.0. The summed E-state index contributed by atoms with van der Waals surface area (Å²) in [6.07, 6.45) is 0. The molecule has 3 nitrogen and oxygen atoms in total. The molecule has 0 radical (unpaired) electrons. The van der Waals surface area contributed by atoms with Crippen molar-refractivity contribution in [2.24, 2.45) is 0 Å². The van der Waals surface area contributed by atoms with Gasteiger partial charge in [-0.1, -0.05) is 77.9 Å².